The van der Waals surface area contributed by atoms with Crippen LogP contribution in [0.2, 0.25) is 0 Å². The summed E-state index contributed by atoms with van der Waals surface area (Å²) < 4.78 is 11.2. The van der Waals surface area contributed by atoms with Crippen molar-refractivity contribution in [2.45, 2.75) is 84.3 Å². The van der Waals surface area contributed by atoms with Gasteiger partial charge in [-0.2, -0.15) is 5.26 Å². The molecule has 1 N–H and O–H groups in total. The second-order valence-electron chi connectivity index (χ2n) is 9.95. The molecule has 0 spiro atoms. The van der Waals surface area contributed by atoms with Gasteiger partial charge >= 0.3 is 0 Å². The molecule has 3 aliphatic rings. The minimum Gasteiger partial charge on any atom is -0.390 e. The minimum atomic E-state index is -0.358. The molecule has 0 aromatic carbocycles. The molecule has 0 aromatic heterocycles. The summed E-state index contributed by atoms with van der Waals surface area (Å²) in [6, 6.07) is 2.60. The number of aliphatic hydroxyl groups is 1. The molecule has 0 bridgehead atoms. The fourth-order valence-corrected chi connectivity index (χ4v) is 6.87. The number of ether oxygens (including phenoxy) is 2. The number of hydrogen-bond donors (Lipinski definition) is 1. The fraction of sp³-hybridized carbons (Fsp3) is 0.957. The van der Waals surface area contributed by atoms with Crippen molar-refractivity contribution < 1.29 is 14.6 Å². The van der Waals surface area contributed by atoms with Crippen LogP contribution in [0.4, 0.5) is 0 Å². The van der Waals surface area contributed by atoms with Crippen LogP contribution in [0.15, 0.2) is 0 Å². The van der Waals surface area contributed by atoms with E-state index in [1.165, 1.54) is 25.7 Å². The molecule has 0 radical (unpaired) electrons. The van der Waals surface area contributed by atoms with Gasteiger partial charge in [-0.15, -0.1) is 0 Å². The van der Waals surface area contributed by atoms with E-state index in [-0.39, 0.29) is 29.0 Å². The summed E-state index contributed by atoms with van der Waals surface area (Å²) in [4.78, 5) is 0. The second-order valence-corrected chi connectivity index (χ2v) is 9.95. The van der Waals surface area contributed by atoms with E-state index in [1.807, 2.05) is 0 Å². The lowest BCUT2D eigenvalue weighted by atomic mass is 9.51. The summed E-state index contributed by atoms with van der Waals surface area (Å²) in [7, 11) is 1.69. The molecule has 4 nitrogen and oxygen atoms in total. The lowest BCUT2D eigenvalue weighted by Crippen LogP contribution is -2.51. The van der Waals surface area contributed by atoms with E-state index >= 15 is 0 Å². The molecule has 4 heteroatoms. The number of rotatable bonds is 6. The van der Waals surface area contributed by atoms with Crippen molar-refractivity contribution in [2.24, 2.45) is 34.5 Å². The first-order chi connectivity index (χ1) is 12.9. The van der Waals surface area contributed by atoms with E-state index in [1.54, 1.807) is 7.11 Å². The van der Waals surface area contributed by atoms with Gasteiger partial charge in [-0.1, -0.05) is 27.2 Å². The Morgan fingerprint density at radius 1 is 1.07 bits per heavy atom. The highest BCUT2D eigenvalue weighted by Crippen LogP contribution is 2.61. The van der Waals surface area contributed by atoms with Crippen LogP contribution in [0.3, 0.4) is 0 Å². The van der Waals surface area contributed by atoms with Gasteiger partial charge in [0.15, 0.2) is 0 Å². The molecule has 8 atom stereocenters. The minimum absolute atomic E-state index is 0.0725. The Hall–Kier alpha value is -0.630. The van der Waals surface area contributed by atoms with Crippen LogP contribution in [0.25, 0.3) is 0 Å². The van der Waals surface area contributed by atoms with E-state index in [0.29, 0.717) is 31.0 Å². The Morgan fingerprint density at radius 3 is 2.48 bits per heavy atom. The maximum absolute atomic E-state index is 10.7. The predicted octanol–water partition coefficient (Wildman–Crippen LogP) is 4.56. The Labute approximate surface area is 165 Å². The van der Waals surface area contributed by atoms with Crippen LogP contribution in [0.5, 0.6) is 0 Å². The summed E-state index contributed by atoms with van der Waals surface area (Å²) in [6.45, 7) is 8.24. The molecule has 3 aliphatic carbocycles. The van der Waals surface area contributed by atoms with Gasteiger partial charge in [0.25, 0.3) is 0 Å². The van der Waals surface area contributed by atoms with Crippen molar-refractivity contribution in [1.29, 1.82) is 5.26 Å². The molecule has 8 unspecified atom stereocenters. The van der Waals surface area contributed by atoms with Crippen molar-refractivity contribution in [3.05, 3.63) is 0 Å². The number of hydrogen-bond acceptors (Lipinski definition) is 4. The molecule has 0 amide bonds. The molecule has 0 aromatic rings. The van der Waals surface area contributed by atoms with Crippen molar-refractivity contribution in [3.63, 3.8) is 0 Å². The van der Waals surface area contributed by atoms with Crippen LogP contribution in [0.1, 0.15) is 72.1 Å². The Morgan fingerprint density at radius 2 is 1.81 bits per heavy atom. The van der Waals surface area contributed by atoms with Gasteiger partial charge in [0.05, 0.1) is 37.4 Å². The highest BCUT2D eigenvalue weighted by molar-refractivity contribution is 5.09. The quantitative estimate of drug-likeness (QED) is 0.689. The fourth-order valence-electron chi connectivity index (χ4n) is 6.87. The number of nitrogens with zero attached hydrogens (tertiary/aromatic N) is 1. The molecule has 3 saturated carbocycles. The van der Waals surface area contributed by atoms with E-state index in [0.717, 1.165) is 25.7 Å². The normalized spacial score (nSPS) is 47.4. The van der Waals surface area contributed by atoms with Crippen molar-refractivity contribution in [3.8, 4) is 6.07 Å². The zero-order valence-corrected chi connectivity index (χ0v) is 17.7. The first kappa shape index (κ1) is 21.1. The topological polar surface area (TPSA) is 62.5 Å². The molecule has 3 rings (SSSR count). The summed E-state index contributed by atoms with van der Waals surface area (Å²) in [6.07, 6.45) is 8.45. The molecule has 0 heterocycles. The van der Waals surface area contributed by atoms with Gasteiger partial charge in [-0.3, -0.25) is 0 Å². The van der Waals surface area contributed by atoms with Gasteiger partial charge in [-0.05, 0) is 73.5 Å². The average Bonchev–Trinajstić information content (AvgIpc) is 2.99. The predicted molar refractivity (Wildman–Crippen MR) is 106 cm³/mol. The van der Waals surface area contributed by atoms with Gasteiger partial charge in [0.2, 0.25) is 0 Å². The van der Waals surface area contributed by atoms with Gasteiger partial charge in [-0.25, -0.2) is 0 Å². The third kappa shape index (κ3) is 3.80. The monoisotopic (exact) mass is 377 g/mol. The third-order valence-corrected chi connectivity index (χ3v) is 8.86. The maximum Gasteiger partial charge on any atom is 0.0840 e. The van der Waals surface area contributed by atoms with Crippen molar-refractivity contribution >= 4 is 0 Å². The first-order valence-corrected chi connectivity index (χ1v) is 11.1. The van der Waals surface area contributed by atoms with Crippen LogP contribution in [0, 0.1) is 45.8 Å². The van der Waals surface area contributed by atoms with Crippen LogP contribution in [-0.2, 0) is 9.47 Å². The summed E-state index contributed by atoms with van der Waals surface area (Å²) in [5, 5.41) is 20.2. The highest BCUT2D eigenvalue weighted by Gasteiger charge is 2.55. The SMILES string of the molecule is CCC1CC(O)C(OCCOC)CC1(C)C1CCC2(C)C(C#N)CCC2C1. The molecule has 0 aliphatic heterocycles. The van der Waals surface area contributed by atoms with Crippen molar-refractivity contribution in [1.82, 2.24) is 0 Å². The Balaban J connectivity index is 1.73. The van der Waals surface area contributed by atoms with Crippen LogP contribution >= 0.6 is 0 Å². The van der Waals surface area contributed by atoms with Gasteiger partial charge in [0, 0.05) is 7.11 Å². The standard InChI is InChI=1S/C23H39NO3/c1-5-16-13-20(25)21(27-11-10-26-4)14-23(16,3)18-8-9-22(2)17(12-18)6-7-19(22)15-24/h16-21,25H,5-14H2,1-4H3. The first-order valence-electron chi connectivity index (χ1n) is 11.1. The molecule has 0 saturated heterocycles. The number of methoxy groups -OCH3 is 1. The molecule has 27 heavy (non-hydrogen) atoms. The van der Waals surface area contributed by atoms with Crippen LogP contribution < -0.4 is 0 Å². The molecular weight excluding hydrogens is 338 g/mol. The average molecular weight is 378 g/mol. The van der Waals surface area contributed by atoms with E-state index in [2.05, 4.69) is 26.8 Å². The molecular formula is C23H39NO3. The summed E-state index contributed by atoms with van der Waals surface area (Å²) in [5.41, 5.74) is 0.448. The molecule has 154 valence electrons. The second kappa shape index (κ2) is 8.39. The Bertz CT molecular complexity index is 546. The maximum atomic E-state index is 10.7. The number of aliphatic hydroxyl groups excluding tert-OH is 1. The van der Waals surface area contributed by atoms with E-state index in [9.17, 15) is 10.4 Å². The smallest absolute Gasteiger partial charge is 0.0840 e. The zero-order valence-electron chi connectivity index (χ0n) is 17.7. The third-order valence-electron chi connectivity index (χ3n) is 8.86. The number of fused-ring (bicyclic) bond motifs is 1. The largest absolute Gasteiger partial charge is 0.390 e. The highest BCUT2D eigenvalue weighted by atomic mass is 16.5. The van der Waals surface area contributed by atoms with Crippen molar-refractivity contribution in [2.75, 3.05) is 20.3 Å². The van der Waals surface area contributed by atoms with E-state index in [4.69, 9.17) is 9.47 Å². The number of nitriles is 1. The summed E-state index contributed by atoms with van der Waals surface area (Å²) >= 11 is 0. The lowest BCUT2D eigenvalue weighted by Gasteiger charge is -2.55. The zero-order chi connectivity index (χ0) is 19.7. The van der Waals surface area contributed by atoms with Gasteiger partial charge in [0.1, 0.15) is 0 Å². The molecule has 3 fully saturated rings. The van der Waals surface area contributed by atoms with E-state index < -0.39 is 0 Å². The Kier molecular flexibility index (Phi) is 6.56. The van der Waals surface area contributed by atoms with Crippen LogP contribution in [-0.4, -0.2) is 37.6 Å². The lowest BCUT2D eigenvalue weighted by molar-refractivity contribution is -0.142. The summed E-state index contributed by atoms with van der Waals surface area (Å²) in [5.74, 6) is 2.17. The van der Waals surface area contributed by atoms with Gasteiger partial charge < -0.3 is 14.6 Å².